The van der Waals surface area contributed by atoms with Crippen molar-refractivity contribution in [2.24, 2.45) is 0 Å². The van der Waals surface area contributed by atoms with Gasteiger partial charge in [0, 0.05) is 48.9 Å². The summed E-state index contributed by atoms with van der Waals surface area (Å²) in [5, 5.41) is 0. The highest BCUT2D eigenvalue weighted by Crippen LogP contribution is 2.33. The highest BCUT2D eigenvalue weighted by molar-refractivity contribution is 7.98. The van der Waals surface area contributed by atoms with Crippen LogP contribution in [0.25, 0.3) is 0 Å². The number of rotatable bonds is 6. The second-order valence-electron chi connectivity index (χ2n) is 8.55. The molecular formula is C27H28N2O3S. The number of amides is 1. The largest absolute Gasteiger partial charge is 0.454 e. The molecule has 2 heterocycles. The Bertz CT molecular complexity index is 1110. The van der Waals surface area contributed by atoms with E-state index in [1.807, 2.05) is 34.9 Å². The molecule has 1 fully saturated rings. The van der Waals surface area contributed by atoms with Gasteiger partial charge in [0.15, 0.2) is 11.5 Å². The van der Waals surface area contributed by atoms with Crippen molar-refractivity contribution in [2.75, 3.05) is 33.0 Å². The first-order chi connectivity index (χ1) is 16.1. The van der Waals surface area contributed by atoms with Crippen molar-refractivity contribution in [3.63, 3.8) is 0 Å². The topological polar surface area (TPSA) is 42.0 Å². The Hall–Kier alpha value is -2.96. The average Bonchev–Trinajstić information content (AvgIpc) is 3.32. The molecule has 3 aromatic carbocycles. The van der Waals surface area contributed by atoms with E-state index in [2.05, 4.69) is 60.4 Å². The lowest BCUT2D eigenvalue weighted by molar-refractivity contribution is 0.0628. The number of thioether (sulfide) groups is 1. The lowest BCUT2D eigenvalue weighted by atomic mass is 10.1. The summed E-state index contributed by atoms with van der Waals surface area (Å²) in [6, 6.07) is 22.8. The normalized spacial score (nSPS) is 15.6. The third-order valence-corrected chi connectivity index (χ3v) is 7.21. The first-order valence-corrected chi connectivity index (χ1v) is 12.3. The van der Waals surface area contributed by atoms with Gasteiger partial charge in [-0.1, -0.05) is 35.9 Å². The summed E-state index contributed by atoms with van der Waals surface area (Å²) in [5.74, 6) is 2.65. The SMILES string of the molecule is Cc1ccc(SCc2ccc(C(=O)N3CCN(Cc4ccc5c(c4)OCO5)CC3)cc2)cc1. The average molecular weight is 461 g/mol. The number of nitrogens with zero attached hydrogens (tertiary/aromatic N) is 2. The molecule has 0 aromatic heterocycles. The summed E-state index contributed by atoms with van der Waals surface area (Å²) in [7, 11) is 0. The molecule has 3 aromatic rings. The maximum absolute atomic E-state index is 13.0. The third kappa shape index (κ3) is 5.34. The lowest BCUT2D eigenvalue weighted by Gasteiger charge is -2.34. The molecule has 5 rings (SSSR count). The highest BCUT2D eigenvalue weighted by atomic mass is 32.2. The molecule has 33 heavy (non-hydrogen) atoms. The molecule has 170 valence electrons. The minimum Gasteiger partial charge on any atom is -0.454 e. The Morgan fingerprint density at radius 3 is 2.30 bits per heavy atom. The van der Waals surface area contributed by atoms with Crippen LogP contribution in [-0.4, -0.2) is 48.7 Å². The molecular weight excluding hydrogens is 432 g/mol. The van der Waals surface area contributed by atoms with E-state index in [-0.39, 0.29) is 5.91 Å². The molecule has 2 aliphatic rings. The molecule has 0 atom stereocenters. The van der Waals surface area contributed by atoms with Gasteiger partial charge >= 0.3 is 0 Å². The fourth-order valence-corrected chi connectivity index (χ4v) is 4.99. The van der Waals surface area contributed by atoms with Crippen molar-refractivity contribution < 1.29 is 14.3 Å². The fourth-order valence-electron chi connectivity index (χ4n) is 4.13. The Kier molecular flexibility index (Phi) is 6.55. The zero-order valence-electron chi connectivity index (χ0n) is 18.8. The number of hydrogen-bond acceptors (Lipinski definition) is 5. The summed E-state index contributed by atoms with van der Waals surface area (Å²) in [4.78, 5) is 18.6. The molecule has 2 aliphatic heterocycles. The van der Waals surface area contributed by atoms with E-state index in [1.165, 1.54) is 21.6 Å². The molecule has 0 spiro atoms. The van der Waals surface area contributed by atoms with Gasteiger partial charge in [-0.2, -0.15) is 0 Å². The zero-order chi connectivity index (χ0) is 22.6. The molecule has 1 saturated heterocycles. The molecule has 0 radical (unpaired) electrons. The lowest BCUT2D eigenvalue weighted by Crippen LogP contribution is -2.48. The summed E-state index contributed by atoms with van der Waals surface area (Å²) >= 11 is 1.82. The van der Waals surface area contributed by atoms with Crippen LogP contribution in [0, 0.1) is 6.92 Å². The predicted octanol–water partition coefficient (Wildman–Crippen LogP) is 4.97. The minimum absolute atomic E-state index is 0.121. The first kappa shape index (κ1) is 21.9. The monoisotopic (exact) mass is 460 g/mol. The Balaban J connectivity index is 1.11. The van der Waals surface area contributed by atoms with Gasteiger partial charge in [0.05, 0.1) is 0 Å². The molecule has 5 nitrogen and oxygen atoms in total. The molecule has 0 bridgehead atoms. The predicted molar refractivity (Wildman–Crippen MR) is 131 cm³/mol. The van der Waals surface area contributed by atoms with Crippen LogP contribution >= 0.6 is 11.8 Å². The molecule has 0 N–H and O–H groups in total. The number of piperazine rings is 1. The van der Waals surface area contributed by atoms with E-state index in [1.54, 1.807) is 0 Å². The van der Waals surface area contributed by atoms with Crippen molar-refractivity contribution >= 4 is 17.7 Å². The maximum atomic E-state index is 13.0. The Morgan fingerprint density at radius 1 is 0.848 bits per heavy atom. The van der Waals surface area contributed by atoms with Crippen molar-refractivity contribution in [3.8, 4) is 11.5 Å². The van der Waals surface area contributed by atoms with E-state index in [9.17, 15) is 4.79 Å². The first-order valence-electron chi connectivity index (χ1n) is 11.3. The van der Waals surface area contributed by atoms with Gasteiger partial charge in [-0.15, -0.1) is 11.8 Å². The van der Waals surface area contributed by atoms with Gasteiger partial charge in [0.2, 0.25) is 6.79 Å². The van der Waals surface area contributed by atoms with Gasteiger partial charge < -0.3 is 14.4 Å². The third-order valence-electron chi connectivity index (χ3n) is 6.13. The van der Waals surface area contributed by atoms with Gasteiger partial charge in [-0.3, -0.25) is 9.69 Å². The second-order valence-corrected chi connectivity index (χ2v) is 9.60. The van der Waals surface area contributed by atoms with Crippen LogP contribution in [0.4, 0.5) is 0 Å². The zero-order valence-corrected chi connectivity index (χ0v) is 19.6. The van der Waals surface area contributed by atoms with Gasteiger partial charge in [-0.05, 0) is 54.4 Å². The van der Waals surface area contributed by atoms with E-state index < -0.39 is 0 Å². The molecule has 0 saturated carbocycles. The number of ether oxygens (including phenoxy) is 2. The number of carbonyl (C=O) groups excluding carboxylic acids is 1. The summed E-state index contributed by atoms with van der Waals surface area (Å²) in [6.45, 7) is 6.47. The quantitative estimate of drug-likeness (QED) is 0.486. The number of hydrogen-bond donors (Lipinski definition) is 0. The van der Waals surface area contributed by atoms with Crippen LogP contribution in [0.3, 0.4) is 0 Å². The van der Waals surface area contributed by atoms with Crippen molar-refractivity contribution in [3.05, 3.63) is 89.0 Å². The number of carbonyl (C=O) groups is 1. The summed E-state index contributed by atoms with van der Waals surface area (Å²) in [5.41, 5.74) is 4.48. The van der Waals surface area contributed by atoms with E-state index >= 15 is 0 Å². The van der Waals surface area contributed by atoms with Crippen LogP contribution in [0.5, 0.6) is 11.5 Å². The minimum atomic E-state index is 0.121. The highest BCUT2D eigenvalue weighted by Gasteiger charge is 2.23. The Labute approximate surface area is 199 Å². The van der Waals surface area contributed by atoms with Crippen LogP contribution in [0.15, 0.2) is 71.6 Å². The number of benzene rings is 3. The summed E-state index contributed by atoms with van der Waals surface area (Å²) in [6.07, 6.45) is 0. The van der Waals surface area contributed by atoms with Crippen LogP contribution in [-0.2, 0) is 12.3 Å². The van der Waals surface area contributed by atoms with Crippen LogP contribution in [0.2, 0.25) is 0 Å². The molecule has 1 amide bonds. The molecule has 6 heteroatoms. The van der Waals surface area contributed by atoms with Gasteiger partial charge in [-0.25, -0.2) is 0 Å². The smallest absolute Gasteiger partial charge is 0.253 e. The van der Waals surface area contributed by atoms with Crippen molar-refractivity contribution in [1.29, 1.82) is 0 Å². The fraction of sp³-hybridized carbons (Fsp3) is 0.296. The second kappa shape index (κ2) is 9.89. The van der Waals surface area contributed by atoms with E-state index in [0.29, 0.717) is 6.79 Å². The van der Waals surface area contributed by atoms with Crippen LogP contribution in [0.1, 0.15) is 27.0 Å². The van der Waals surface area contributed by atoms with Crippen molar-refractivity contribution in [1.82, 2.24) is 9.80 Å². The van der Waals surface area contributed by atoms with Gasteiger partial charge in [0.25, 0.3) is 5.91 Å². The van der Waals surface area contributed by atoms with Crippen LogP contribution < -0.4 is 9.47 Å². The number of aryl methyl sites for hydroxylation is 1. The van der Waals surface area contributed by atoms with Crippen molar-refractivity contribution in [2.45, 2.75) is 24.1 Å². The molecule has 0 aliphatic carbocycles. The standard InChI is InChI=1S/C27H28N2O3S/c1-20-2-9-24(10-3-20)33-18-21-4-7-23(8-5-21)27(30)29-14-12-28(13-15-29)17-22-6-11-25-26(16-22)32-19-31-25/h2-11,16H,12-15,17-19H2,1H3. The number of fused-ring (bicyclic) bond motifs is 1. The van der Waals surface area contributed by atoms with Gasteiger partial charge in [0.1, 0.15) is 0 Å². The van der Waals surface area contributed by atoms with E-state index in [4.69, 9.17) is 9.47 Å². The molecule has 0 unspecified atom stereocenters. The Morgan fingerprint density at radius 2 is 1.55 bits per heavy atom. The summed E-state index contributed by atoms with van der Waals surface area (Å²) < 4.78 is 10.9. The maximum Gasteiger partial charge on any atom is 0.253 e. The van der Waals surface area contributed by atoms with E-state index in [0.717, 1.165) is 55.5 Å².